The highest BCUT2D eigenvalue weighted by Crippen LogP contribution is 2.36. The number of anilines is 2. The standard InChI is InChI=1S/C32H39N3O2.C26H28Cl2N4O/c1-37-30-14-15-31-26(21-30)10-13-29-22-34(18-19-35(29)31)17-16-23-6-11-28(12-7-23)33-32(36)27-9-8-24-4-2-3-5-25(24)20-27;27-22-10-11-25(23(28)19-22)32-17-15-31(16-18-32)14-4-3-13-30-26(33)21-8-6-20(7-9-21)24-5-1-2-12-29-24/h2-5,8-9,14-15,20-21,23,28-29H,6-7,10-13,16-19,22H2,1H3,(H,33,36);1-2,5-12,19H,3-4,13-18H2,(H,30,33). The van der Waals surface area contributed by atoms with E-state index in [0.717, 1.165) is 117 Å². The van der Waals surface area contributed by atoms with Crippen LogP contribution in [0.25, 0.3) is 22.0 Å². The summed E-state index contributed by atoms with van der Waals surface area (Å²) < 4.78 is 5.44. The Morgan fingerprint density at radius 3 is 2.21 bits per heavy atom. The van der Waals surface area contributed by atoms with Gasteiger partial charge in [-0.1, -0.05) is 71.7 Å². The molecule has 12 heteroatoms. The molecule has 2 saturated heterocycles. The second-order valence-electron chi connectivity index (χ2n) is 19.4. The topological polar surface area (TPSA) is 93.3 Å². The fourth-order valence-electron chi connectivity index (χ4n) is 10.8. The molecule has 1 unspecified atom stereocenters. The van der Waals surface area contributed by atoms with E-state index in [-0.39, 0.29) is 11.8 Å². The van der Waals surface area contributed by atoms with Crippen molar-refractivity contribution in [3.63, 3.8) is 0 Å². The molecule has 0 radical (unpaired) electrons. The minimum Gasteiger partial charge on any atom is -0.497 e. The predicted octanol–water partition coefficient (Wildman–Crippen LogP) is 11.1. The molecule has 3 aliphatic heterocycles. The third-order valence-electron chi connectivity index (χ3n) is 14.9. The molecule has 0 spiro atoms. The molecule has 1 atom stereocenters. The molecule has 2 amide bonds. The summed E-state index contributed by atoms with van der Waals surface area (Å²) in [6.45, 7) is 10.3. The van der Waals surface area contributed by atoms with Gasteiger partial charge in [0.1, 0.15) is 5.75 Å². The highest BCUT2D eigenvalue weighted by atomic mass is 35.5. The monoisotopic (exact) mass is 979 g/mol. The molecule has 6 aromatic rings. The van der Waals surface area contributed by atoms with E-state index in [9.17, 15) is 9.59 Å². The number of unbranched alkanes of at least 4 members (excludes halogenated alkanes) is 1. The van der Waals surface area contributed by atoms with Crippen LogP contribution in [0.2, 0.25) is 10.0 Å². The smallest absolute Gasteiger partial charge is 0.251 e. The molecule has 70 heavy (non-hydrogen) atoms. The van der Waals surface area contributed by atoms with Crippen LogP contribution in [0, 0.1) is 5.92 Å². The van der Waals surface area contributed by atoms with Crippen molar-refractivity contribution in [1.82, 2.24) is 25.4 Å². The molecule has 1 saturated carbocycles. The number of ether oxygens (including phenoxy) is 1. The van der Waals surface area contributed by atoms with E-state index in [1.165, 1.54) is 55.4 Å². The normalized spacial score (nSPS) is 19.3. The maximum Gasteiger partial charge on any atom is 0.251 e. The van der Waals surface area contributed by atoms with Gasteiger partial charge in [0.05, 0.1) is 23.5 Å². The van der Waals surface area contributed by atoms with E-state index in [1.807, 2.05) is 84.9 Å². The van der Waals surface area contributed by atoms with Gasteiger partial charge in [-0.15, -0.1) is 0 Å². The summed E-state index contributed by atoms with van der Waals surface area (Å²) in [6, 6.07) is 40.8. The third kappa shape index (κ3) is 12.8. The fourth-order valence-corrected chi connectivity index (χ4v) is 11.3. The summed E-state index contributed by atoms with van der Waals surface area (Å²) in [5, 5.41) is 10.0. The number of hydrogen-bond acceptors (Lipinski definition) is 8. The molecule has 10 rings (SSSR count). The zero-order valence-electron chi connectivity index (χ0n) is 40.5. The van der Waals surface area contributed by atoms with Crippen LogP contribution < -0.4 is 25.2 Å². The predicted molar refractivity (Wildman–Crippen MR) is 287 cm³/mol. The lowest BCUT2D eigenvalue weighted by atomic mass is 9.83. The van der Waals surface area contributed by atoms with E-state index < -0.39 is 0 Å². The first-order chi connectivity index (χ1) is 34.3. The SMILES string of the molecule is COc1ccc2c(c1)CCC1CN(CCC3CCC(NC(=O)c4ccc5ccccc5c4)CC3)CCN21.O=C(NCCCCN1CCN(c2ccc(Cl)cc2Cl)CC1)c1ccc(-c2ccccn2)cc1. The number of fused-ring (bicyclic) bond motifs is 4. The average molecular weight is 981 g/mol. The molecule has 0 bridgehead atoms. The van der Waals surface area contributed by atoms with Gasteiger partial charge in [0, 0.05) is 98.0 Å². The van der Waals surface area contributed by atoms with Crippen LogP contribution >= 0.6 is 23.2 Å². The van der Waals surface area contributed by atoms with Gasteiger partial charge in [0.15, 0.2) is 0 Å². The van der Waals surface area contributed by atoms with Gasteiger partial charge in [-0.2, -0.15) is 0 Å². The van der Waals surface area contributed by atoms with Crippen LogP contribution in [-0.4, -0.2) is 111 Å². The number of rotatable bonds is 14. The first-order valence-corrected chi connectivity index (χ1v) is 26.2. The Kier molecular flexibility index (Phi) is 16.9. The van der Waals surface area contributed by atoms with Crippen LogP contribution in [0.15, 0.2) is 128 Å². The van der Waals surface area contributed by atoms with Crippen LogP contribution in [-0.2, 0) is 6.42 Å². The number of benzene rings is 5. The number of halogens is 2. The van der Waals surface area contributed by atoms with Crippen molar-refractivity contribution < 1.29 is 14.3 Å². The number of carbonyl (C=O) groups is 2. The summed E-state index contributed by atoms with van der Waals surface area (Å²) in [7, 11) is 1.75. The summed E-state index contributed by atoms with van der Waals surface area (Å²) in [4.78, 5) is 39.7. The lowest BCUT2D eigenvalue weighted by Gasteiger charge is -2.46. The van der Waals surface area contributed by atoms with Crippen molar-refractivity contribution >= 4 is 57.2 Å². The van der Waals surface area contributed by atoms with Crippen LogP contribution in [0.3, 0.4) is 0 Å². The van der Waals surface area contributed by atoms with Crippen molar-refractivity contribution in [2.45, 2.75) is 69.9 Å². The van der Waals surface area contributed by atoms with E-state index in [4.69, 9.17) is 27.9 Å². The van der Waals surface area contributed by atoms with Crippen molar-refractivity contribution in [2.75, 3.05) is 82.4 Å². The van der Waals surface area contributed by atoms with E-state index >= 15 is 0 Å². The van der Waals surface area contributed by atoms with Gasteiger partial charge in [0.25, 0.3) is 11.8 Å². The molecular weight excluding hydrogens is 914 g/mol. The average Bonchev–Trinajstić information content (AvgIpc) is 3.40. The maximum atomic E-state index is 12.9. The molecule has 2 N–H and O–H groups in total. The molecule has 10 nitrogen and oxygen atoms in total. The van der Waals surface area contributed by atoms with Crippen LogP contribution in [0.5, 0.6) is 5.75 Å². The lowest BCUT2D eigenvalue weighted by molar-refractivity contribution is 0.0917. The zero-order valence-corrected chi connectivity index (χ0v) is 42.0. The van der Waals surface area contributed by atoms with Gasteiger partial charge in [-0.25, -0.2) is 0 Å². The molecular formula is C58H67Cl2N7O3. The van der Waals surface area contributed by atoms with Crippen molar-refractivity contribution in [1.29, 1.82) is 0 Å². The van der Waals surface area contributed by atoms with Gasteiger partial charge >= 0.3 is 0 Å². The number of aromatic nitrogens is 1. The molecule has 4 aliphatic rings. The quantitative estimate of drug-likeness (QED) is 0.104. The number of nitrogens with one attached hydrogen (secondary N) is 2. The second kappa shape index (κ2) is 24.0. The Labute approximate surface area is 424 Å². The van der Waals surface area contributed by atoms with Gasteiger partial charge < -0.3 is 25.2 Å². The summed E-state index contributed by atoms with van der Waals surface area (Å²) >= 11 is 12.4. The Hall–Kier alpha value is -5.65. The highest BCUT2D eigenvalue weighted by Gasteiger charge is 2.32. The Balaban J connectivity index is 0.000000175. The highest BCUT2D eigenvalue weighted by molar-refractivity contribution is 6.36. The number of methoxy groups -OCH3 is 1. The summed E-state index contributed by atoms with van der Waals surface area (Å²) in [5.41, 5.74) is 7.26. The minimum atomic E-state index is -0.0315. The molecule has 1 aromatic heterocycles. The van der Waals surface area contributed by atoms with E-state index in [1.54, 1.807) is 19.4 Å². The van der Waals surface area contributed by atoms with Crippen LogP contribution in [0.4, 0.5) is 11.4 Å². The number of nitrogens with zero attached hydrogens (tertiary/aromatic N) is 5. The molecule has 4 heterocycles. The van der Waals surface area contributed by atoms with Gasteiger partial charge in [-0.3, -0.25) is 24.4 Å². The van der Waals surface area contributed by atoms with Gasteiger partial charge in [0.2, 0.25) is 0 Å². The first-order valence-electron chi connectivity index (χ1n) is 25.4. The Morgan fingerprint density at radius 1 is 0.686 bits per heavy atom. The Morgan fingerprint density at radius 2 is 1.44 bits per heavy atom. The number of pyridine rings is 1. The van der Waals surface area contributed by atoms with Crippen molar-refractivity contribution in [3.8, 4) is 17.0 Å². The second-order valence-corrected chi connectivity index (χ2v) is 20.2. The number of carbonyl (C=O) groups excluding carboxylic acids is 2. The fraction of sp³-hybridized carbons (Fsp3) is 0.397. The molecule has 5 aromatic carbocycles. The lowest BCUT2D eigenvalue weighted by Crippen LogP contribution is -2.55. The zero-order chi connectivity index (χ0) is 48.2. The Bertz CT molecular complexity index is 2670. The number of hydrogen-bond donors (Lipinski definition) is 2. The minimum absolute atomic E-state index is 0.0315. The summed E-state index contributed by atoms with van der Waals surface area (Å²) in [6.07, 6.45) is 12.1. The summed E-state index contributed by atoms with van der Waals surface area (Å²) in [5.74, 6) is 1.79. The number of amides is 2. The van der Waals surface area contributed by atoms with Crippen molar-refractivity contribution in [2.24, 2.45) is 5.92 Å². The van der Waals surface area contributed by atoms with E-state index in [0.29, 0.717) is 34.2 Å². The maximum absolute atomic E-state index is 12.9. The first kappa shape index (κ1) is 49.3. The molecule has 1 aliphatic carbocycles. The van der Waals surface area contributed by atoms with Crippen LogP contribution in [0.1, 0.15) is 77.6 Å². The third-order valence-corrected chi connectivity index (χ3v) is 15.4. The number of aryl methyl sites for hydroxylation is 1. The number of piperazine rings is 2. The van der Waals surface area contributed by atoms with E-state index in [2.05, 4.69) is 65.5 Å². The largest absolute Gasteiger partial charge is 0.497 e. The molecule has 366 valence electrons. The van der Waals surface area contributed by atoms with Crippen molar-refractivity contribution in [3.05, 3.63) is 154 Å². The van der Waals surface area contributed by atoms with Gasteiger partial charge in [-0.05, 0) is 166 Å². The molecule has 3 fully saturated rings.